The van der Waals surface area contributed by atoms with E-state index in [0.717, 1.165) is 5.56 Å². The largest absolute Gasteiger partial charge is 0.484 e. The maximum Gasteiger partial charge on any atom is 0.416 e. The molecule has 0 radical (unpaired) electrons. The van der Waals surface area contributed by atoms with Crippen LogP contribution in [-0.2, 0) is 27.2 Å². The Labute approximate surface area is 201 Å². The number of benzene rings is 3. The highest BCUT2D eigenvalue weighted by atomic mass is 32.2. The Kier molecular flexibility index (Phi) is 7.53. The fraction of sp³-hybridized carbons (Fsp3) is 0.174. The quantitative estimate of drug-likeness (QED) is 0.374. The highest BCUT2D eigenvalue weighted by Gasteiger charge is 2.37. The average Bonchev–Trinajstić information content (AvgIpc) is 2.76. The van der Waals surface area contributed by atoms with Gasteiger partial charge in [0.15, 0.2) is 6.61 Å². The Morgan fingerprint density at radius 2 is 1.42 bits per heavy atom. The Balaban J connectivity index is 1.65. The van der Waals surface area contributed by atoms with Crippen LogP contribution < -0.4 is 14.8 Å². The SMILES string of the molecule is Cc1cccc(NS(=O)(=O)c2ccc(OCC(=O)Nc3cc(C(F)(F)F)cc(C(F)(F)F)c3)cc2)c1. The predicted molar refractivity (Wildman–Crippen MR) is 119 cm³/mol. The maximum absolute atomic E-state index is 12.9. The summed E-state index contributed by atoms with van der Waals surface area (Å²) in [7, 11) is -3.92. The number of sulfonamides is 1. The van der Waals surface area contributed by atoms with Crippen molar-refractivity contribution in [1.29, 1.82) is 0 Å². The van der Waals surface area contributed by atoms with Crippen LogP contribution in [0, 0.1) is 6.92 Å². The molecule has 2 N–H and O–H groups in total. The summed E-state index contributed by atoms with van der Waals surface area (Å²) in [5, 5.41) is 1.93. The van der Waals surface area contributed by atoms with Crippen molar-refractivity contribution in [2.75, 3.05) is 16.6 Å². The molecule has 6 nitrogen and oxygen atoms in total. The third-order valence-corrected chi connectivity index (χ3v) is 6.04. The lowest BCUT2D eigenvalue weighted by Crippen LogP contribution is -2.21. The minimum atomic E-state index is -5.06. The first-order valence-electron chi connectivity index (χ1n) is 10.1. The van der Waals surface area contributed by atoms with Gasteiger partial charge in [0.2, 0.25) is 0 Å². The molecule has 0 atom stereocenters. The molecule has 0 spiro atoms. The molecular weight excluding hydrogens is 514 g/mol. The Morgan fingerprint density at radius 3 is 1.94 bits per heavy atom. The molecule has 1 amide bonds. The molecule has 0 unspecified atom stereocenters. The molecule has 0 aromatic heterocycles. The molecule has 3 aromatic rings. The number of rotatable bonds is 7. The number of ether oxygens (including phenoxy) is 1. The minimum absolute atomic E-state index is 0.0414. The van der Waals surface area contributed by atoms with Crippen molar-refractivity contribution in [3.05, 3.63) is 83.4 Å². The molecule has 36 heavy (non-hydrogen) atoms. The smallest absolute Gasteiger partial charge is 0.416 e. The van der Waals surface area contributed by atoms with Crippen molar-refractivity contribution in [2.24, 2.45) is 0 Å². The molecule has 0 aliphatic rings. The third kappa shape index (κ3) is 7.13. The van der Waals surface area contributed by atoms with Crippen molar-refractivity contribution < 1.29 is 44.3 Å². The Bertz CT molecular complexity index is 1320. The number of alkyl halides is 6. The summed E-state index contributed by atoms with van der Waals surface area (Å²) in [5.74, 6) is -0.986. The summed E-state index contributed by atoms with van der Waals surface area (Å²) >= 11 is 0. The Morgan fingerprint density at radius 1 is 0.833 bits per heavy atom. The van der Waals surface area contributed by atoms with Crippen LogP contribution in [0.25, 0.3) is 0 Å². The molecule has 13 heteroatoms. The van der Waals surface area contributed by atoms with Gasteiger partial charge in [-0.1, -0.05) is 12.1 Å². The van der Waals surface area contributed by atoms with Crippen molar-refractivity contribution >= 4 is 27.3 Å². The number of hydrogen-bond donors (Lipinski definition) is 2. The lowest BCUT2D eigenvalue weighted by atomic mass is 10.1. The van der Waals surface area contributed by atoms with Crippen molar-refractivity contribution in [2.45, 2.75) is 24.2 Å². The first-order valence-corrected chi connectivity index (χ1v) is 11.5. The van der Waals surface area contributed by atoms with E-state index in [2.05, 4.69) is 4.72 Å². The van der Waals surface area contributed by atoms with Gasteiger partial charge in [0.05, 0.1) is 16.0 Å². The number of anilines is 2. The average molecular weight is 532 g/mol. The van der Waals surface area contributed by atoms with Crippen molar-refractivity contribution in [1.82, 2.24) is 0 Å². The van der Waals surface area contributed by atoms with Gasteiger partial charge in [-0.15, -0.1) is 0 Å². The number of hydrogen-bond acceptors (Lipinski definition) is 4. The van der Waals surface area contributed by atoms with Crippen LogP contribution in [-0.4, -0.2) is 20.9 Å². The number of carbonyl (C=O) groups excluding carboxylic acids is 1. The van der Waals surface area contributed by atoms with Crippen LogP contribution >= 0.6 is 0 Å². The fourth-order valence-corrected chi connectivity index (χ4v) is 4.06. The molecule has 0 fully saturated rings. The summed E-state index contributed by atoms with van der Waals surface area (Å²) in [6.45, 7) is 1.04. The molecule has 0 aliphatic carbocycles. The van der Waals surface area contributed by atoms with E-state index in [1.165, 1.54) is 24.3 Å². The van der Waals surface area contributed by atoms with E-state index in [1.807, 2.05) is 5.32 Å². The normalized spacial score (nSPS) is 12.2. The third-order valence-electron chi connectivity index (χ3n) is 4.65. The van der Waals surface area contributed by atoms with Gasteiger partial charge in [0.1, 0.15) is 5.75 Å². The van der Waals surface area contributed by atoms with E-state index in [4.69, 9.17) is 4.74 Å². The summed E-state index contributed by atoms with van der Waals surface area (Å²) in [6.07, 6.45) is -10.1. The van der Waals surface area contributed by atoms with Gasteiger partial charge >= 0.3 is 12.4 Å². The summed E-state index contributed by atoms with van der Waals surface area (Å²) in [4.78, 5) is 12.0. The fourth-order valence-electron chi connectivity index (χ4n) is 3.01. The van der Waals surface area contributed by atoms with Crippen molar-refractivity contribution in [3.8, 4) is 5.75 Å². The second-order valence-corrected chi connectivity index (χ2v) is 9.26. The monoisotopic (exact) mass is 532 g/mol. The van der Waals surface area contributed by atoms with E-state index >= 15 is 0 Å². The van der Waals surface area contributed by atoms with E-state index in [9.17, 15) is 39.6 Å². The second-order valence-electron chi connectivity index (χ2n) is 7.58. The van der Waals surface area contributed by atoms with E-state index in [1.54, 1.807) is 31.2 Å². The van der Waals surface area contributed by atoms with Crippen molar-refractivity contribution in [3.63, 3.8) is 0 Å². The van der Waals surface area contributed by atoms with Crippen LogP contribution in [0.5, 0.6) is 5.75 Å². The highest BCUT2D eigenvalue weighted by molar-refractivity contribution is 7.92. The summed E-state index contributed by atoms with van der Waals surface area (Å²) in [5.41, 5.74) is -2.67. The van der Waals surface area contributed by atoms with Crippen LogP contribution in [0.2, 0.25) is 0 Å². The van der Waals surface area contributed by atoms with Gasteiger partial charge in [-0.2, -0.15) is 26.3 Å². The molecule has 3 rings (SSSR count). The first-order chi connectivity index (χ1) is 16.6. The number of carbonyl (C=O) groups is 1. The van der Waals surface area contributed by atoms with Gasteiger partial charge in [0, 0.05) is 11.4 Å². The standard InChI is InChI=1S/C23H18F6N2O4S/c1-14-3-2-4-17(9-14)31-36(33,34)20-7-5-19(6-8-20)35-13-21(32)30-18-11-15(22(24,25)26)10-16(12-18)23(27,28)29/h2-12,31H,13H2,1H3,(H,30,32). The molecule has 0 bridgehead atoms. The van der Waals surface area contributed by atoms with Gasteiger partial charge in [-0.25, -0.2) is 8.42 Å². The molecule has 3 aromatic carbocycles. The maximum atomic E-state index is 12.9. The number of nitrogens with one attached hydrogen (secondary N) is 2. The molecule has 0 saturated heterocycles. The molecule has 0 aliphatic heterocycles. The van der Waals surface area contributed by atoms with Crippen LogP contribution in [0.1, 0.15) is 16.7 Å². The van der Waals surface area contributed by atoms with E-state index < -0.39 is 51.7 Å². The first kappa shape index (κ1) is 26.9. The van der Waals surface area contributed by atoms with Gasteiger partial charge < -0.3 is 10.1 Å². The van der Waals surface area contributed by atoms with Crippen LogP contribution in [0.3, 0.4) is 0 Å². The summed E-state index contributed by atoms with van der Waals surface area (Å²) in [6, 6.07) is 12.2. The Hall–Kier alpha value is -3.74. The lowest BCUT2D eigenvalue weighted by Gasteiger charge is -2.15. The minimum Gasteiger partial charge on any atom is -0.484 e. The highest BCUT2D eigenvalue weighted by Crippen LogP contribution is 2.37. The molecule has 0 heterocycles. The number of halogens is 6. The van der Waals surface area contributed by atoms with E-state index in [0.29, 0.717) is 17.8 Å². The molecular formula is C23H18F6N2O4S. The summed E-state index contributed by atoms with van der Waals surface area (Å²) < 4.78 is 110. The molecule has 192 valence electrons. The zero-order valence-electron chi connectivity index (χ0n) is 18.4. The van der Waals surface area contributed by atoms with Gasteiger partial charge in [-0.05, 0) is 67.1 Å². The van der Waals surface area contributed by atoms with Gasteiger partial charge in [0.25, 0.3) is 15.9 Å². The topological polar surface area (TPSA) is 84.5 Å². The molecule has 0 saturated carbocycles. The number of amides is 1. The van der Waals surface area contributed by atoms with Crippen LogP contribution in [0.4, 0.5) is 37.7 Å². The number of aryl methyl sites for hydroxylation is 1. The zero-order valence-corrected chi connectivity index (χ0v) is 19.2. The predicted octanol–water partition coefficient (Wildman–Crippen LogP) is 5.85. The van der Waals surface area contributed by atoms with Crippen LogP contribution in [0.15, 0.2) is 71.6 Å². The van der Waals surface area contributed by atoms with Gasteiger partial charge in [-0.3, -0.25) is 9.52 Å². The lowest BCUT2D eigenvalue weighted by molar-refractivity contribution is -0.143. The second kappa shape index (κ2) is 10.1. The van der Waals surface area contributed by atoms with E-state index in [-0.39, 0.29) is 16.7 Å². The zero-order chi connectivity index (χ0) is 26.7.